The maximum absolute atomic E-state index is 12.9. The zero-order valence-electron chi connectivity index (χ0n) is 17.7. The van der Waals surface area contributed by atoms with E-state index in [0.29, 0.717) is 17.1 Å². The molecule has 0 fully saturated rings. The van der Waals surface area contributed by atoms with E-state index in [9.17, 15) is 9.59 Å². The van der Waals surface area contributed by atoms with E-state index in [1.165, 1.54) is 0 Å². The third-order valence-electron chi connectivity index (χ3n) is 4.91. The predicted molar refractivity (Wildman–Crippen MR) is 118 cm³/mol. The molecule has 0 saturated carbocycles. The molecule has 0 spiro atoms. The number of rotatable bonds is 8. The number of hydrogen-bond acceptors (Lipinski definition) is 3. The van der Waals surface area contributed by atoms with Crippen molar-refractivity contribution in [3.63, 3.8) is 0 Å². The second-order valence-corrected chi connectivity index (χ2v) is 8.21. The van der Waals surface area contributed by atoms with Gasteiger partial charge in [-0.2, -0.15) is 0 Å². The Morgan fingerprint density at radius 1 is 1.03 bits per heavy atom. The number of amides is 2. The number of aryl methyl sites for hydroxylation is 1. The molecule has 2 N–H and O–H groups in total. The Labute approximate surface area is 178 Å². The van der Waals surface area contributed by atoms with Gasteiger partial charge in [0.05, 0.1) is 6.04 Å². The average Bonchev–Trinajstić information content (AvgIpc) is 2.67. The van der Waals surface area contributed by atoms with Crippen molar-refractivity contribution in [2.24, 2.45) is 5.92 Å². The van der Waals surface area contributed by atoms with Crippen molar-refractivity contribution in [3.8, 4) is 0 Å². The first kappa shape index (κ1) is 22.9. The molecule has 0 saturated heterocycles. The van der Waals surface area contributed by atoms with Gasteiger partial charge in [-0.05, 0) is 50.7 Å². The van der Waals surface area contributed by atoms with E-state index in [-0.39, 0.29) is 23.8 Å². The Morgan fingerprint density at radius 2 is 1.66 bits per heavy atom. The van der Waals surface area contributed by atoms with Gasteiger partial charge in [-0.25, -0.2) is 0 Å². The molecule has 5 nitrogen and oxygen atoms in total. The van der Waals surface area contributed by atoms with Crippen LogP contribution in [0.2, 0.25) is 5.02 Å². The lowest BCUT2D eigenvalue weighted by atomic mass is 10.0. The summed E-state index contributed by atoms with van der Waals surface area (Å²) in [4.78, 5) is 27.5. The smallest absolute Gasteiger partial charge is 0.251 e. The highest BCUT2D eigenvalue weighted by Gasteiger charge is 2.26. The zero-order valence-corrected chi connectivity index (χ0v) is 18.5. The summed E-state index contributed by atoms with van der Waals surface area (Å²) >= 11 is 6.34. The van der Waals surface area contributed by atoms with E-state index in [0.717, 1.165) is 11.1 Å². The van der Waals surface area contributed by atoms with E-state index in [2.05, 4.69) is 10.6 Å². The predicted octanol–water partition coefficient (Wildman–Crippen LogP) is 3.82. The van der Waals surface area contributed by atoms with Crippen LogP contribution in [0.1, 0.15) is 41.4 Å². The molecule has 2 amide bonds. The van der Waals surface area contributed by atoms with E-state index >= 15 is 0 Å². The third-order valence-corrected chi connectivity index (χ3v) is 5.25. The maximum Gasteiger partial charge on any atom is 0.251 e. The van der Waals surface area contributed by atoms with Crippen LogP contribution in [0.4, 0.5) is 0 Å². The normalized spacial score (nSPS) is 13.2. The molecule has 0 unspecified atom stereocenters. The summed E-state index contributed by atoms with van der Waals surface area (Å²) in [5, 5.41) is 6.51. The fourth-order valence-electron chi connectivity index (χ4n) is 3.09. The highest BCUT2D eigenvalue weighted by Crippen LogP contribution is 2.25. The van der Waals surface area contributed by atoms with Crippen LogP contribution in [0.15, 0.2) is 48.5 Å². The summed E-state index contributed by atoms with van der Waals surface area (Å²) in [5.41, 5.74) is 2.56. The van der Waals surface area contributed by atoms with Crippen molar-refractivity contribution < 1.29 is 9.59 Å². The molecule has 2 rings (SSSR count). The highest BCUT2D eigenvalue weighted by atomic mass is 35.5. The second-order valence-electron chi connectivity index (χ2n) is 7.81. The molecule has 2 aromatic carbocycles. The Kier molecular flexibility index (Phi) is 8.23. The summed E-state index contributed by atoms with van der Waals surface area (Å²) in [5.74, 6) is -0.518. The molecular weight excluding hydrogens is 386 g/mol. The second kappa shape index (κ2) is 10.4. The average molecular weight is 416 g/mol. The van der Waals surface area contributed by atoms with Crippen molar-refractivity contribution in [2.45, 2.75) is 32.9 Å². The zero-order chi connectivity index (χ0) is 21.6. The number of hydrogen-bond donors (Lipinski definition) is 2. The Balaban J connectivity index is 2.07. The SMILES string of the molecule is Cc1ccc(C(=O)N[C@@H](C(=O)NC[C@H](c2ccccc2Cl)N(C)C)C(C)C)cc1. The number of halogens is 1. The minimum atomic E-state index is -0.627. The number of likely N-dealkylation sites (N-methyl/N-ethyl adjacent to an activating group) is 1. The van der Waals surface area contributed by atoms with E-state index in [1.54, 1.807) is 12.1 Å². The molecule has 0 aliphatic heterocycles. The Bertz CT molecular complexity index is 834. The Morgan fingerprint density at radius 3 is 2.21 bits per heavy atom. The lowest BCUT2D eigenvalue weighted by Crippen LogP contribution is -2.51. The van der Waals surface area contributed by atoms with E-state index in [1.807, 2.05) is 76.2 Å². The standard InChI is InChI=1S/C23H30ClN3O2/c1-15(2)21(26-22(28)17-12-10-16(3)11-13-17)23(29)25-14-20(27(4)5)18-8-6-7-9-19(18)24/h6-13,15,20-21H,14H2,1-5H3,(H,25,29)(H,26,28)/t20-,21-/m1/s1. The minimum absolute atomic E-state index is 0.0532. The highest BCUT2D eigenvalue weighted by molar-refractivity contribution is 6.31. The van der Waals surface area contributed by atoms with Gasteiger partial charge in [0.15, 0.2) is 0 Å². The quantitative estimate of drug-likeness (QED) is 0.688. The van der Waals surface area contributed by atoms with Crippen molar-refractivity contribution in [3.05, 3.63) is 70.2 Å². The van der Waals surface area contributed by atoms with Gasteiger partial charge in [0.1, 0.15) is 6.04 Å². The molecule has 156 valence electrons. The number of nitrogens with zero attached hydrogens (tertiary/aromatic N) is 1. The summed E-state index contributed by atoms with van der Waals surface area (Å²) in [7, 11) is 3.89. The number of benzene rings is 2. The van der Waals surface area contributed by atoms with Crippen LogP contribution >= 0.6 is 11.6 Å². The molecule has 2 atom stereocenters. The molecule has 0 aromatic heterocycles. The van der Waals surface area contributed by atoms with Gasteiger partial charge < -0.3 is 15.5 Å². The van der Waals surface area contributed by atoms with Gasteiger partial charge >= 0.3 is 0 Å². The van der Waals surface area contributed by atoms with Gasteiger partial charge in [-0.15, -0.1) is 0 Å². The number of nitrogens with one attached hydrogen (secondary N) is 2. The molecule has 0 aliphatic carbocycles. The fraction of sp³-hybridized carbons (Fsp3) is 0.391. The van der Waals surface area contributed by atoms with Crippen molar-refractivity contribution >= 4 is 23.4 Å². The van der Waals surface area contributed by atoms with Crippen molar-refractivity contribution in [1.29, 1.82) is 0 Å². The molecule has 29 heavy (non-hydrogen) atoms. The molecule has 2 aromatic rings. The maximum atomic E-state index is 12.9. The van der Waals surface area contributed by atoms with E-state index < -0.39 is 6.04 Å². The van der Waals surface area contributed by atoms with Gasteiger partial charge in [-0.1, -0.05) is 61.3 Å². The summed E-state index contributed by atoms with van der Waals surface area (Å²) in [6.07, 6.45) is 0. The van der Waals surface area contributed by atoms with Crippen molar-refractivity contribution in [1.82, 2.24) is 15.5 Å². The summed E-state index contributed by atoms with van der Waals surface area (Å²) in [6.45, 7) is 6.18. The fourth-order valence-corrected chi connectivity index (χ4v) is 3.35. The lowest BCUT2D eigenvalue weighted by molar-refractivity contribution is -0.124. The van der Waals surface area contributed by atoms with Crippen LogP contribution < -0.4 is 10.6 Å². The van der Waals surface area contributed by atoms with Gasteiger partial charge in [-0.3, -0.25) is 9.59 Å². The van der Waals surface area contributed by atoms with Crippen LogP contribution in [0.25, 0.3) is 0 Å². The van der Waals surface area contributed by atoms with Gasteiger partial charge in [0, 0.05) is 17.1 Å². The molecule has 0 radical (unpaired) electrons. The molecular formula is C23H30ClN3O2. The third kappa shape index (κ3) is 6.31. The summed E-state index contributed by atoms with van der Waals surface area (Å²) in [6, 6.07) is 14.2. The van der Waals surface area contributed by atoms with Gasteiger partial charge in [0.25, 0.3) is 5.91 Å². The first-order chi connectivity index (χ1) is 13.7. The molecule has 0 heterocycles. The van der Waals surface area contributed by atoms with Crippen LogP contribution in [0, 0.1) is 12.8 Å². The lowest BCUT2D eigenvalue weighted by Gasteiger charge is -2.28. The van der Waals surface area contributed by atoms with Gasteiger partial charge in [0.2, 0.25) is 5.91 Å². The largest absolute Gasteiger partial charge is 0.352 e. The van der Waals surface area contributed by atoms with Crippen LogP contribution in [-0.4, -0.2) is 43.4 Å². The summed E-state index contributed by atoms with van der Waals surface area (Å²) < 4.78 is 0. The van der Waals surface area contributed by atoms with Crippen LogP contribution in [-0.2, 0) is 4.79 Å². The topological polar surface area (TPSA) is 61.4 Å². The Hall–Kier alpha value is -2.37. The molecule has 0 aliphatic rings. The van der Waals surface area contributed by atoms with Crippen molar-refractivity contribution in [2.75, 3.05) is 20.6 Å². The molecule has 6 heteroatoms. The number of carbonyl (C=O) groups excluding carboxylic acids is 2. The number of carbonyl (C=O) groups is 2. The van der Waals surface area contributed by atoms with E-state index in [4.69, 9.17) is 11.6 Å². The first-order valence-corrected chi connectivity index (χ1v) is 10.1. The molecule has 0 bridgehead atoms. The minimum Gasteiger partial charge on any atom is -0.352 e. The first-order valence-electron chi connectivity index (χ1n) is 9.76. The monoisotopic (exact) mass is 415 g/mol. The van der Waals surface area contributed by atoms with Crippen LogP contribution in [0.3, 0.4) is 0 Å². The van der Waals surface area contributed by atoms with Crippen LogP contribution in [0.5, 0.6) is 0 Å².